The van der Waals surface area contributed by atoms with E-state index in [-0.39, 0.29) is 12.4 Å². The van der Waals surface area contributed by atoms with Crippen molar-refractivity contribution in [1.82, 2.24) is 4.90 Å². The molecule has 1 saturated heterocycles. The smallest absolute Gasteiger partial charge is 0.265 e. The molecule has 0 N–H and O–H groups in total. The van der Waals surface area contributed by atoms with E-state index in [0.717, 1.165) is 80.6 Å². The Morgan fingerprint density at radius 1 is 0.743 bits per heavy atom. The first-order valence-electron chi connectivity index (χ1n) is 11.9. The Balaban J connectivity index is 0.00000289. The number of anilines is 2. The Kier molecular flexibility index (Phi) is 8.39. The van der Waals surface area contributed by atoms with Gasteiger partial charge in [-0.3, -0.25) is 9.21 Å². The summed E-state index contributed by atoms with van der Waals surface area (Å²) >= 11 is 12.5. The van der Waals surface area contributed by atoms with Gasteiger partial charge in [0.25, 0.3) is 10.0 Å². The van der Waals surface area contributed by atoms with Crippen molar-refractivity contribution in [2.24, 2.45) is 0 Å². The van der Waals surface area contributed by atoms with Crippen molar-refractivity contribution in [3.63, 3.8) is 0 Å². The summed E-state index contributed by atoms with van der Waals surface area (Å²) < 4.78 is 27.7. The minimum Gasteiger partial charge on any atom is -0.368 e. The SMILES string of the molecule is Cl.O=S1(=O)c2cccc3cccc(c23)N1CCCCCCN1CCN(c2cccc(Cl)c2Cl)CC1. The highest BCUT2D eigenvalue weighted by atomic mass is 35.5. The summed E-state index contributed by atoms with van der Waals surface area (Å²) in [5, 5.41) is 3.09. The van der Waals surface area contributed by atoms with Crippen molar-refractivity contribution in [3.05, 3.63) is 64.6 Å². The van der Waals surface area contributed by atoms with Crippen molar-refractivity contribution < 1.29 is 8.42 Å². The zero-order valence-corrected chi connectivity index (χ0v) is 22.6. The molecule has 0 radical (unpaired) electrons. The predicted octanol–water partition coefficient (Wildman–Crippen LogP) is 6.46. The van der Waals surface area contributed by atoms with Crippen molar-refractivity contribution in [1.29, 1.82) is 0 Å². The maximum atomic E-state index is 13.1. The fourth-order valence-corrected chi connectivity index (χ4v) is 7.26. The fraction of sp³-hybridized carbons (Fsp3) is 0.385. The fourth-order valence-electron chi connectivity index (χ4n) is 5.09. The molecule has 3 aromatic rings. The van der Waals surface area contributed by atoms with E-state index in [9.17, 15) is 8.42 Å². The summed E-state index contributed by atoms with van der Waals surface area (Å²) in [5.41, 5.74) is 1.84. The molecule has 3 aromatic carbocycles. The Labute approximate surface area is 224 Å². The van der Waals surface area contributed by atoms with Crippen molar-refractivity contribution in [3.8, 4) is 0 Å². The van der Waals surface area contributed by atoms with Crippen LogP contribution in [0, 0.1) is 0 Å². The van der Waals surface area contributed by atoms with Gasteiger partial charge in [-0.2, -0.15) is 0 Å². The molecule has 0 unspecified atom stereocenters. The van der Waals surface area contributed by atoms with Gasteiger partial charge in [0.05, 0.1) is 26.3 Å². The van der Waals surface area contributed by atoms with Crippen molar-refractivity contribution in [2.75, 3.05) is 48.5 Å². The Hall–Kier alpha value is -1.70. The van der Waals surface area contributed by atoms with E-state index >= 15 is 0 Å². The maximum Gasteiger partial charge on any atom is 0.265 e. The molecule has 0 aliphatic carbocycles. The summed E-state index contributed by atoms with van der Waals surface area (Å²) in [7, 11) is -3.44. The third kappa shape index (κ3) is 5.23. The molecule has 0 amide bonds. The second-order valence-electron chi connectivity index (χ2n) is 9.02. The molecule has 0 spiro atoms. The number of hydrogen-bond donors (Lipinski definition) is 0. The van der Waals surface area contributed by atoms with Crippen LogP contribution in [-0.4, -0.2) is 52.6 Å². The molecule has 9 heteroatoms. The summed E-state index contributed by atoms with van der Waals surface area (Å²) in [6.07, 6.45) is 4.12. The van der Waals surface area contributed by atoms with E-state index in [4.69, 9.17) is 23.2 Å². The lowest BCUT2D eigenvalue weighted by Crippen LogP contribution is -2.46. The molecule has 2 heterocycles. The first kappa shape index (κ1) is 26.4. The number of sulfonamides is 1. The number of benzene rings is 3. The van der Waals surface area contributed by atoms with Gasteiger partial charge in [-0.15, -0.1) is 12.4 Å². The molecule has 5 rings (SSSR count). The van der Waals surface area contributed by atoms with Gasteiger partial charge in [-0.1, -0.05) is 66.4 Å². The second kappa shape index (κ2) is 11.1. The second-order valence-corrected chi connectivity index (χ2v) is 11.6. The Bertz CT molecular complexity index is 1290. The lowest BCUT2D eigenvalue weighted by molar-refractivity contribution is 0.252. The van der Waals surface area contributed by atoms with Crippen LogP contribution in [0.1, 0.15) is 25.7 Å². The average molecular weight is 555 g/mol. The minimum absolute atomic E-state index is 0. The minimum atomic E-state index is -3.44. The van der Waals surface area contributed by atoms with Gasteiger partial charge in [0, 0.05) is 38.1 Å². The number of hydrogen-bond acceptors (Lipinski definition) is 4. The summed E-state index contributed by atoms with van der Waals surface area (Å²) in [6, 6.07) is 17.2. The average Bonchev–Trinajstić information content (AvgIpc) is 3.06. The zero-order valence-electron chi connectivity index (χ0n) is 19.5. The Morgan fingerprint density at radius 2 is 1.37 bits per heavy atom. The van der Waals surface area contributed by atoms with E-state index in [0.29, 0.717) is 21.5 Å². The quantitative estimate of drug-likeness (QED) is 0.300. The highest BCUT2D eigenvalue weighted by Gasteiger charge is 2.34. The molecule has 0 atom stereocenters. The molecular weight excluding hydrogens is 525 g/mol. The van der Waals surface area contributed by atoms with Gasteiger partial charge in [-0.25, -0.2) is 8.42 Å². The number of halogens is 3. The van der Waals surface area contributed by atoms with Crippen LogP contribution in [0.4, 0.5) is 11.4 Å². The summed E-state index contributed by atoms with van der Waals surface area (Å²) in [4.78, 5) is 5.25. The molecule has 0 aromatic heterocycles. The summed E-state index contributed by atoms with van der Waals surface area (Å²) in [5.74, 6) is 0. The van der Waals surface area contributed by atoms with Gasteiger partial charge in [0.2, 0.25) is 0 Å². The number of unbranched alkanes of at least 4 members (excludes halogenated alkanes) is 3. The topological polar surface area (TPSA) is 43.9 Å². The number of nitrogens with zero attached hydrogens (tertiary/aromatic N) is 3. The standard InChI is InChI=1S/C26H29Cl2N3O2S.ClH/c27-21-10-7-12-23(26(21)28)30-18-16-29(17-19-30)14-3-1-2-4-15-31-22-11-5-8-20-9-6-13-24(25(20)22)34(31,32)33;/h5-13H,1-4,14-19H2;1H. The van der Waals surface area contributed by atoms with Crippen LogP contribution in [0.5, 0.6) is 0 Å². The lowest BCUT2D eigenvalue weighted by atomic mass is 10.1. The highest BCUT2D eigenvalue weighted by Crippen LogP contribution is 2.42. The lowest BCUT2D eigenvalue weighted by Gasteiger charge is -2.36. The largest absolute Gasteiger partial charge is 0.368 e. The maximum absolute atomic E-state index is 13.1. The first-order chi connectivity index (χ1) is 16.5. The predicted molar refractivity (Wildman–Crippen MR) is 149 cm³/mol. The zero-order chi connectivity index (χ0) is 23.7. The van der Waals surface area contributed by atoms with E-state index in [2.05, 4.69) is 9.80 Å². The van der Waals surface area contributed by atoms with Gasteiger partial charge < -0.3 is 4.90 Å². The number of piperazine rings is 1. The first-order valence-corrected chi connectivity index (χ1v) is 14.1. The monoisotopic (exact) mass is 553 g/mol. The van der Waals surface area contributed by atoms with Crippen LogP contribution in [0.15, 0.2) is 59.5 Å². The van der Waals surface area contributed by atoms with Crippen LogP contribution in [0.2, 0.25) is 10.0 Å². The molecule has 188 valence electrons. The molecule has 2 aliphatic heterocycles. The molecule has 1 fully saturated rings. The van der Waals surface area contributed by atoms with Crippen LogP contribution >= 0.6 is 35.6 Å². The molecular formula is C26H30Cl3N3O2S. The van der Waals surface area contributed by atoms with E-state index in [1.54, 1.807) is 10.4 Å². The van der Waals surface area contributed by atoms with Gasteiger partial charge in [0.15, 0.2) is 0 Å². The molecule has 0 bridgehead atoms. The van der Waals surface area contributed by atoms with Crippen molar-refractivity contribution >= 4 is 67.8 Å². The van der Waals surface area contributed by atoms with Gasteiger partial charge in [-0.05, 0) is 49.0 Å². The third-order valence-corrected chi connectivity index (χ3v) is 9.58. The van der Waals surface area contributed by atoms with Crippen LogP contribution in [-0.2, 0) is 10.0 Å². The van der Waals surface area contributed by atoms with Crippen LogP contribution in [0.3, 0.4) is 0 Å². The number of rotatable bonds is 8. The van der Waals surface area contributed by atoms with E-state index in [1.165, 1.54) is 0 Å². The highest BCUT2D eigenvalue weighted by molar-refractivity contribution is 7.93. The molecule has 35 heavy (non-hydrogen) atoms. The Morgan fingerprint density at radius 3 is 2.11 bits per heavy atom. The van der Waals surface area contributed by atoms with Crippen LogP contribution in [0.25, 0.3) is 10.8 Å². The third-order valence-electron chi connectivity index (χ3n) is 6.91. The normalized spacial score (nSPS) is 17.1. The van der Waals surface area contributed by atoms with E-state index in [1.807, 2.05) is 48.5 Å². The summed E-state index contributed by atoms with van der Waals surface area (Å²) in [6.45, 7) is 5.52. The van der Waals surface area contributed by atoms with Gasteiger partial charge >= 0.3 is 0 Å². The molecule has 2 aliphatic rings. The molecule has 0 saturated carbocycles. The van der Waals surface area contributed by atoms with E-state index < -0.39 is 10.0 Å². The van der Waals surface area contributed by atoms with Crippen molar-refractivity contribution in [2.45, 2.75) is 30.6 Å². The van der Waals surface area contributed by atoms with Gasteiger partial charge in [0.1, 0.15) is 0 Å². The van der Waals surface area contributed by atoms with Crippen LogP contribution < -0.4 is 9.21 Å². The molecule has 5 nitrogen and oxygen atoms in total.